The number of rotatable bonds is 5. The smallest absolute Gasteiger partial charge is 0.227 e. The van der Waals surface area contributed by atoms with E-state index in [4.69, 9.17) is 13.8 Å². The van der Waals surface area contributed by atoms with Crippen molar-refractivity contribution in [3.05, 3.63) is 158 Å². The van der Waals surface area contributed by atoms with E-state index >= 15 is 0 Å². The van der Waals surface area contributed by atoms with Crippen LogP contribution in [0.15, 0.2) is 167 Å². The Labute approximate surface area is 259 Å². The molecule has 0 aliphatic rings. The molecular formula is C41H26N2O2. The predicted octanol–water partition coefficient (Wildman–Crippen LogP) is 11.7. The molecule has 7 aromatic carbocycles. The molecule has 0 bridgehead atoms. The van der Waals surface area contributed by atoms with Crippen molar-refractivity contribution in [3.63, 3.8) is 0 Å². The molecule has 0 atom stereocenters. The number of fused-ring (bicyclic) bond motifs is 5. The Kier molecular flexibility index (Phi) is 5.78. The van der Waals surface area contributed by atoms with Crippen molar-refractivity contribution in [2.45, 2.75) is 0 Å². The Hall–Kier alpha value is -6.13. The Bertz CT molecular complexity index is 2490. The van der Waals surface area contributed by atoms with E-state index in [1.54, 1.807) is 0 Å². The van der Waals surface area contributed by atoms with Crippen LogP contribution in [0, 0.1) is 0 Å². The summed E-state index contributed by atoms with van der Waals surface area (Å²) in [5.41, 5.74) is 9.58. The van der Waals surface area contributed by atoms with E-state index in [-0.39, 0.29) is 0 Å². The maximum atomic E-state index is 6.35. The topological polar surface area (TPSA) is 42.4 Å². The first-order valence-electron chi connectivity index (χ1n) is 15.0. The highest BCUT2D eigenvalue weighted by Gasteiger charge is 2.18. The van der Waals surface area contributed by atoms with E-state index in [1.807, 2.05) is 36.4 Å². The molecule has 0 unspecified atom stereocenters. The SMILES string of the molecule is c1ccc(-c2cccc(N(c3ccc4ccccc4c3)c3ccc4oc5cc6oc(-c7ccccc7)nc6cc5c4c3)c2)cc1. The van der Waals surface area contributed by atoms with Crippen LogP contribution in [0.4, 0.5) is 17.1 Å². The highest BCUT2D eigenvalue weighted by Crippen LogP contribution is 2.41. The summed E-state index contributed by atoms with van der Waals surface area (Å²) in [5, 5.41) is 4.43. The van der Waals surface area contributed by atoms with Crippen molar-refractivity contribution in [2.75, 3.05) is 4.90 Å². The van der Waals surface area contributed by atoms with Crippen molar-refractivity contribution in [1.82, 2.24) is 4.98 Å². The molecule has 2 aromatic heterocycles. The molecule has 4 nitrogen and oxygen atoms in total. The second-order valence-corrected chi connectivity index (χ2v) is 11.3. The molecule has 0 spiro atoms. The molecule has 9 rings (SSSR count). The molecule has 0 aliphatic carbocycles. The maximum Gasteiger partial charge on any atom is 0.227 e. The summed E-state index contributed by atoms with van der Waals surface area (Å²) in [6.07, 6.45) is 0. The first kappa shape index (κ1) is 25.4. The number of hydrogen-bond acceptors (Lipinski definition) is 4. The first-order chi connectivity index (χ1) is 22.3. The Morgan fingerprint density at radius 2 is 1.07 bits per heavy atom. The predicted molar refractivity (Wildman–Crippen MR) is 184 cm³/mol. The van der Waals surface area contributed by atoms with Crippen molar-refractivity contribution in [3.8, 4) is 22.6 Å². The van der Waals surface area contributed by atoms with E-state index in [2.05, 4.69) is 126 Å². The standard InChI is InChI=1S/C41H26N2O2/c1-3-10-27(11-4-1)31-16-9-17-32(22-31)43(33-19-18-28-12-7-8-15-30(28)23-33)34-20-21-38-35(24-34)36-25-37-40(26-39(36)44-38)45-41(42-37)29-13-5-2-6-14-29/h1-26H. The summed E-state index contributed by atoms with van der Waals surface area (Å²) < 4.78 is 12.5. The summed E-state index contributed by atoms with van der Waals surface area (Å²) in [4.78, 5) is 7.14. The fourth-order valence-electron chi connectivity index (χ4n) is 6.25. The highest BCUT2D eigenvalue weighted by atomic mass is 16.4. The minimum Gasteiger partial charge on any atom is -0.456 e. The van der Waals surface area contributed by atoms with Crippen molar-refractivity contribution in [2.24, 2.45) is 0 Å². The molecule has 0 radical (unpaired) electrons. The fourth-order valence-corrected chi connectivity index (χ4v) is 6.25. The zero-order valence-corrected chi connectivity index (χ0v) is 24.2. The van der Waals surface area contributed by atoms with E-state index in [0.29, 0.717) is 11.5 Å². The third-order valence-corrected chi connectivity index (χ3v) is 8.44. The van der Waals surface area contributed by atoms with Gasteiger partial charge in [-0.15, -0.1) is 0 Å². The summed E-state index contributed by atoms with van der Waals surface area (Å²) in [6.45, 7) is 0. The molecule has 0 saturated heterocycles. The van der Waals surface area contributed by atoms with Crippen LogP contribution < -0.4 is 4.90 Å². The number of oxazole rings is 1. The first-order valence-corrected chi connectivity index (χ1v) is 15.0. The van der Waals surface area contributed by atoms with Crippen LogP contribution in [0.1, 0.15) is 0 Å². The van der Waals surface area contributed by atoms with Crippen LogP contribution in [-0.4, -0.2) is 4.98 Å². The summed E-state index contributed by atoms with van der Waals surface area (Å²) in [6, 6.07) is 54.8. The van der Waals surface area contributed by atoms with Gasteiger partial charge < -0.3 is 13.7 Å². The minimum absolute atomic E-state index is 0.601. The quantitative estimate of drug-likeness (QED) is 0.204. The Morgan fingerprint density at radius 3 is 1.91 bits per heavy atom. The van der Waals surface area contributed by atoms with Gasteiger partial charge in [0.1, 0.15) is 16.7 Å². The lowest BCUT2D eigenvalue weighted by Crippen LogP contribution is -2.10. The van der Waals surface area contributed by atoms with Crippen molar-refractivity contribution in [1.29, 1.82) is 0 Å². The molecule has 45 heavy (non-hydrogen) atoms. The van der Waals surface area contributed by atoms with Crippen LogP contribution in [0.2, 0.25) is 0 Å². The van der Waals surface area contributed by atoms with E-state index < -0.39 is 0 Å². The number of nitrogens with zero attached hydrogens (tertiary/aromatic N) is 2. The van der Waals surface area contributed by atoms with E-state index in [0.717, 1.165) is 55.6 Å². The van der Waals surface area contributed by atoms with Gasteiger partial charge in [-0.25, -0.2) is 4.98 Å². The van der Waals surface area contributed by atoms with Crippen LogP contribution >= 0.6 is 0 Å². The number of aromatic nitrogens is 1. The molecule has 0 N–H and O–H groups in total. The number of anilines is 3. The van der Waals surface area contributed by atoms with Crippen LogP contribution in [0.25, 0.3) is 66.4 Å². The second kappa shape index (κ2) is 10.2. The van der Waals surface area contributed by atoms with Gasteiger partial charge in [-0.1, -0.05) is 91.0 Å². The molecule has 4 heteroatoms. The van der Waals surface area contributed by atoms with Gasteiger partial charge in [-0.05, 0) is 82.6 Å². The van der Waals surface area contributed by atoms with Crippen molar-refractivity contribution < 1.29 is 8.83 Å². The molecule has 212 valence electrons. The van der Waals surface area contributed by atoms with Gasteiger partial charge in [0, 0.05) is 39.5 Å². The molecule has 0 amide bonds. The second-order valence-electron chi connectivity index (χ2n) is 11.3. The molecule has 0 saturated carbocycles. The minimum atomic E-state index is 0.601. The molecule has 0 aliphatic heterocycles. The van der Waals surface area contributed by atoms with Gasteiger partial charge >= 0.3 is 0 Å². The van der Waals surface area contributed by atoms with Gasteiger partial charge in [-0.3, -0.25) is 0 Å². The molecule has 2 heterocycles. The third kappa shape index (κ3) is 4.43. The molecular weight excluding hydrogens is 552 g/mol. The molecule has 9 aromatic rings. The van der Waals surface area contributed by atoms with Gasteiger partial charge in [0.15, 0.2) is 5.58 Å². The average molecular weight is 579 g/mol. The van der Waals surface area contributed by atoms with Crippen molar-refractivity contribution >= 4 is 60.9 Å². The lowest BCUT2D eigenvalue weighted by atomic mass is 10.0. The lowest BCUT2D eigenvalue weighted by Gasteiger charge is -2.26. The Morgan fingerprint density at radius 1 is 0.400 bits per heavy atom. The molecule has 0 fully saturated rings. The monoisotopic (exact) mass is 578 g/mol. The summed E-state index contributed by atoms with van der Waals surface area (Å²) in [7, 11) is 0. The fraction of sp³-hybridized carbons (Fsp3) is 0. The number of benzene rings is 7. The highest BCUT2D eigenvalue weighted by molar-refractivity contribution is 6.10. The van der Waals surface area contributed by atoms with Gasteiger partial charge in [0.25, 0.3) is 0 Å². The lowest BCUT2D eigenvalue weighted by molar-refractivity contribution is 0.617. The van der Waals surface area contributed by atoms with E-state index in [1.165, 1.54) is 16.3 Å². The Balaban J connectivity index is 1.22. The maximum absolute atomic E-state index is 6.35. The zero-order valence-electron chi connectivity index (χ0n) is 24.2. The number of furan rings is 1. The van der Waals surface area contributed by atoms with Crippen LogP contribution in [0.3, 0.4) is 0 Å². The van der Waals surface area contributed by atoms with Gasteiger partial charge in [0.05, 0.1) is 0 Å². The zero-order chi connectivity index (χ0) is 29.7. The van der Waals surface area contributed by atoms with Gasteiger partial charge in [0.2, 0.25) is 5.89 Å². The summed E-state index contributed by atoms with van der Waals surface area (Å²) >= 11 is 0. The van der Waals surface area contributed by atoms with E-state index in [9.17, 15) is 0 Å². The average Bonchev–Trinajstić information content (AvgIpc) is 3.68. The summed E-state index contributed by atoms with van der Waals surface area (Å²) in [5.74, 6) is 0.601. The van der Waals surface area contributed by atoms with Crippen LogP contribution in [-0.2, 0) is 0 Å². The van der Waals surface area contributed by atoms with Crippen LogP contribution in [0.5, 0.6) is 0 Å². The largest absolute Gasteiger partial charge is 0.456 e. The van der Waals surface area contributed by atoms with Gasteiger partial charge in [-0.2, -0.15) is 0 Å². The number of hydrogen-bond donors (Lipinski definition) is 0. The normalized spacial score (nSPS) is 11.6. The third-order valence-electron chi connectivity index (χ3n) is 8.44.